The molecule has 31 heavy (non-hydrogen) atoms. The number of fused-ring (bicyclic) bond motifs is 2. The van der Waals surface area contributed by atoms with Crippen molar-refractivity contribution in [2.24, 2.45) is 0 Å². The van der Waals surface area contributed by atoms with Gasteiger partial charge in [-0.1, -0.05) is 18.2 Å². The summed E-state index contributed by atoms with van der Waals surface area (Å²) in [5, 5.41) is 3.28. The van der Waals surface area contributed by atoms with Gasteiger partial charge in [0.2, 0.25) is 6.79 Å². The molecule has 3 aromatic rings. The lowest BCUT2D eigenvalue weighted by Crippen LogP contribution is -2.38. The van der Waals surface area contributed by atoms with Crippen LogP contribution >= 0.6 is 0 Å². The molecule has 0 bridgehead atoms. The summed E-state index contributed by atoms with van der Waals surface area (Å²) in [6.45, 7) is 2.15. The third-order valence-corrected chi connectivity index (χ3v) is 5.36. The molecule has 158 valence electrons. The normalized spacial score (nSPS) is 17.1. The summed E-state index contributed by atoms with van der Waals surface area (Å²) in [7, 11) is 0. The second-order valence-electron chi connectivity index (χ2n) is 7.36. The maximum Gasteiger partial charge on any atom is 0.414 e. The Hall–Kier alpha value is -4.01. The molecule has 1 saturated heterocycles. The van der Waals surface area contributed by atoms with Gasteiger partial charge in [0, 0.05) is 22.7 Å². The van der Waals surface area contributed by atoms with E-state index < -0.39 is 23.9 Å². The van der Waals surface area contributed by atoms with E-state index in [1.807, 2.05) is 18.2 Å². The number of hydrogen-bond donors (Lipinski definition) is 2. The van der Waals surface area contributed by atoms with Crippen molar-refractivity contribution in [2.75, 3.05) is 24.8 Å². The van der Waals surface area contributed by atoms with E-state index in [0.717, 1.165) is 5.52 Å². The summed E-state index contributed by atoms with van der Waals surface area (Å²) >= 11 is 0. The number of H-pyrrole nitrogens is 1. The first-order valence-electron chi connectivity index (χ1n) is 9.79. The first-order valence-corrected chi connectivity index (χ1v) is 9.79. The average Bonchev–Trinajstić information content (AvgIpc) is 3.46. The van der Waals surface area contributed by atoms with Crippen molar-refractivity contribution in [1.29, 1.82) is 0 Å². The molecule has 0 aliphatic carbocycles. The van der Waals surface area contributed by atoms with Crippen LogP contribution in [0.2, 0.25) is 0 Å². The Morgan fingerprint density at radius 3 is 2.84 bits per heavy atom. The second kappa shape index (κ2) is 7.35. The summed E-state index contributed by atoms with van der Waals surface area (Å²) < 4.78 is 16.0. The molecule has 3 heterocycles. The van der Waals surface area contributed by atoms with E-state index >= 15 is 0 Å². The van der Waals surface area contributed by atoms with Gasteiger partial charge in [-0.05, 0) is 25.1 Å². The summed E-state index contributed by atoms with van der Waals surface area (Å²) in [6.07, 6.45) is -1.12. The third-order valence-electron chi connectivity index (χ3n) is 5.36. The van der Waals surface area contributed by atoms with Crippen molar-refractivity contribution in [3.63, 3.8) is 0 Å². The number of nitrogens with zero attached hydrogens (tertiary/aromatic N) is 1. The number of aromatic amines is 1. The number of anilines is 1. The van der Waals surface area contributed by atoms with Crippen molar-refractivity contribution in [1.82, 2.24) is 10.3 Å². The smallest absolute Gasteiger partial charge is 0.414 e. The molecule has 2 aliphatic rings. The summed E-state index contributed by atoms with van der Waals surface area (Å²) in [4.78, 5) is 42.1. The average molecular weight is 421 g/mol. The number of rotatable bonds is 5. The Morgan fingerprint density at radius 2 is 1.97 bits per heavy atom. The number of carbonyl (C=O) groups excluding carboxylic acids is 3. The molecule has 1 fully saturated rings. The Balaban J connectivity index is 1.24. The van der Waals surface area contributed by atoms with Crippen molar-refractivity contribution >= 4 is 34.4 Å². The Bertz CT molecular complexity index is 1220. The lowest BCUT2D eigenvalue weighted by atomic mass is 10.1. The van der Waals surface area contributed by atoms with E-state index in [9.17, 15) is 14.4 Å². The van der Waals surface area contributed by atoms with Crippen LogP contribution in [0.4, 0.5) is 10.5 Å². The number of ether oxygens (including phenoxy) is 3. The number of hydrogen-bond acceptors (Lipinski definition) is 6. The fourth-order valence-electron chi connectivity index (χ4n) is 3.86. The number of para-hydroxylation sites is 1. The Kier molecular flexibility index (Phi) is 4.50. The van der Waals surface area contributed by atoms with Crippen LogP contribution in [0.3, 0.4) is 0 Å². The van der Waals surface area contributed by atoms with Crippen LogP contribution in [0.1, 0.15) is 16.1 Å². The third kappa shape index (κ3) is 3.33. The monoisotopic (exact) mass is 421 g/mol. The zero-order valence-corrected chi connectivity index (χ0v) is 16.6. The van der Waals surface area contributed by atoms with Crippen LogP contribution in [-0.4, -0.2) is 48.8 Å². The van der Waals surface area contributed by atoms with Gasteiger partial charge in [0.05, 0.1) is 24.3 Å². The number of Topliss-reactive ketones (excluding diaryl/α,β-unsaturated/α-hetero) is 1. The molecular weight excluding hydrogens is 402 g/mol. The molecule has 9 nitrogen and oxygen atoms in total. The summed E-state index contributed by atoms with van der Waals surface area (Å²) in [5.74, 6) is -0.203. The fourth-order valence-corrected chi connectivity index (χ4v) is 3.86. The highest BCUT2D eigenvalue weighted by Crippen LogP contribution is 2.36. The van der Waals surface area contributed by atoms with E-state index in [1.54, 1.807) is 31.2 Å². The maximum absolute atomic E-state index is 12.7. The predicted octanol–water partition coefficient (Wildman–Crippen LogP) is 2.53. The van der Waals surface area contributed by atoms with Gasteiger partial charge in [0.1, 0.15) is 6.10 Å². The lowest BCUT2D eigenvalue weighted by molar-refractivity contribution is -0.117. The van der Waals surface area contributed by atoms with Crippen molar-refractivity contribution < 1.29 is 28.6 Å². The summed E-state index contributed by atoms with van der Waals surface area (Å²) in [5.41, 5.74) is 2.37. The fraction of sp³-hybridized carbons (Fsp3) is 0.227. The zero-order chi connectivity index (χ0) is 21.5. The highest BCUT2D eigenvalue weighted by molar-refractivity contribution is 6.45. The van der Waals surface area contributed by atoms with Crippen LogP contribution < -0.4 is 19.7 Å². The molecule has 2 N–H and O–H groups in total. The topological polar surface area (TPSA) is 110 Å². The van der Waals surface area contributed by atoms with E-state index in [1.165, 1.54) is 4.90 Å². The molecule has 0 unspecified atom stereocenters. The summed E-state index contributed by atoms with van der Waals surface area (Å²) in [6, 6.07) is 12.5. The lowest BCUT2D eigenvalue weighted by Gasteiger charge is -2.13. The van der Waals surface area contributed by atoms with Gasteiger partial charge < -0.3 is 24.5 Å². The second-order valence-corrected chi connectivity index (χ2v) is 7.36. The van der Waals surface area contributed by atoms with Crippen LogP contribution in [0.15, 0.2) is 42.5 Å². The maximum atomic E-state index is 12.7. The van der Waals surface area contributed by atoms with Gasteiger partial charge in [-0.3, -0.25) is 14.5 Å². The number of nitrogens with one attached hydrogen (secondary N) is 2. The molecule has 0 saturated carbocycles. The van der Waals surface area contributed by atoms with Crippen LogP contribution in [0, 0.1) is 6.92 Å². The molecule has 2 aliphatic heterocycles. The van der Waals surface area contributed by atoms with E-state index in [-0.39, 0.29) is 19.9 Å². The van der Waals surface area contributed by atoms with Gasteiger partial charge >= 0.3 is 6.09 Å². The van der Waals surface area contributed by atoms with Gasteiger partial charge in [-0.2, -0.15) is 0 Å². The molecular formula is C22H19N3O6. The molecule has 1 aromatic heterocycles. The Labute approximate surface area is 176 Å². The number of aryl methyl sites for hydroxylation is 1. The minimum absolute atomic E-state index is 0.0266. The number of ketones is 1. The van der Waals surface area contributed by atoms with Gasteiger partial charge in [0.25, 0.3) is 11.7 Å². The molecule has 0 spiro atoms. The predicted molar refractivity (Wildman–Crippen MR) is 111 cm³/mol. The molecule has 0 radical (unpaired) electrons. The molecule has 9 heteroatoms. The van der Waals surface area contributed by atoms with Crippen LogP contribution in [0.25, 0.3) is 10.9 Å². The molecule has 2 amide bonds. The molecule has 2 aromatic carbocycles. The number of carbonyl (C=O) groups is 3. The minimum atomic E-state index is -0.745. The van der Waals surface area contributed by atoms with E-state index in [0.29, 0.717) is 33.8 Å². The number of aromatic nitrogens is 1. The molecule has 5 rings (SSSR count). The van der Waals surface area contributed by atoms with Gasteiger partial charge in [-0.15, -0.1) is 0 Å². The van der Waals surface area contributed by atoms with Crippen molar-refractivity contribution in [3.05, 3.63) is 53.7 Å². The number of cyclic esters (lactones) is 1. The number of amides is 2. The minimum Gasteiger partial charge on any atom is -0.454 e. The van der Waals surface area contributed by atoms with Gasteiger partial charge in [-0.25, -0.2) is 4.79 Å². The first kappa shape index (κ1) is 19.0. The van der Waals surface area contributed by atoms with Gasteiger partial charge in [0.15, 0.2) is 11.5 Å². The van der Waals surface area contributed by atoms with Crippen molar-refractivity contribution in [2.45, 2.75) is 13.0 Å². The highest BCUT2D eigenvalue weighted by Gasteiger charge is 2.34. The van der Waals surface area contributed by atoms with Crippen LogP contribution in [0.5, 0.6) is 11.5 Å². The SMILES string of the molecule is Cc1[nH]c2ccccc2c1C(=O)C(=O)NC[C@@H]1CN(c2ccc3c(c2)OCO3)C(=O)O1. The number of benzene rings is 2. The van der Waals surface area contributed by atoms with Crippen molar-refractivity contribution in [3.8, 4) is 11.5 Å². The standard InChI is InChI=1S/C22H19N3O6/c1-12-19(15-4-2-3-5-16(15)24-12)20(26)21(27)23-9-14-10-25(22(28)31-14)13-6-7-17-18(8-13)30-11-29-17/h2-8,14,24H,9-11H2,1H3,(H,23,27)/t14-/m1/s1. The highest BCUT2D eigenvalue weighted by atomic mass is 16.7. The zero-order valence-electron chi connectivity index (χ0n) is 16.6. The Morgan fingerprint density at radius 1 is 1.16 bits per heavy atom. The van der Waals surface area contributed by atoms with Crippen LogP contribution in [-0.2, 0) is 9.53 Å². The largest absolute Gasteiger partial charge is 0.454 e. The quantitative estimate of drug-likeness (QED) is 0.484. The van der Waals surface area contributed by atoms with E-state index in [2.05, 4.69) is 10.3 Å². The molecule has 1 atom stereocenters. The van der Waals surface area contributed by atoms with E-state index in [4.69, 9.17) is 14.2 Å². The first-order chi connectivity index (χ1) is 15.0.